The number of nitrogens with zero attached hydrogens (tertiary/aromatic N) is 6. The fraction of sp³-hybridized carbons (Fsp3) is 0.364. The zero-order chi connectivity index (χ0) is 24.4. The lowest BCUT2D eigenvalue weighted by atomic mass is 10.1. The third-order valence-electron chi connectivity index (χ3n) is 5.46. The number of rotatable bonds is 7. The maximum absolute atomic E-state index is 14.9. The van der Waals surface area contributed by atoms with E-state index in [9.17, 15) is 14.0 Å². The highest BCUT2D eigenvalue weighted by molar-refractivity contribution is 5.90. The molecule has 3 heterocycles. The Kier molecular flexibility index (Phi) is 6.50. The average molecular weight is 469 g/mol. The molecular weight excluding hydrogens is 445 g/mol. The normalized spacial score (nSPS) is 16.6. The van der Waals surface area contributed by atoms with Crippen LogP contribution in [0.4, 0.5) is 14.9 Å². The lowest BCUT2D eigenvalue weighted by Gasteiger charge is -2.16. The highest BCUT2D eigenvalue weighted by Crippen LogP contribution is 2.29. The van der Waals surface area contributed by atoms with Crippen LogP contribution in [0.1, 0.15) is 13.8 Å². The van der Waals surface area contributed by atoms with Crippen LogP contribution in [0.25, 0.3) is 22.6 Å². The number of carbonyl (C=O) groups is 2. The van der Waals surface area contributed by atoms with Crippen molar-refractivity contribution in [1.29, 1.82) is 0 Å². The highest BCUT2D eigenvalue weighted by Gasteiger charge is 2.34. The largest absolute Gasteiger partial charge is 0.460 e. The van der Waals surface area contributed by atoms with Crippen molar-refractivity contribution < 1.29 is 23.5 Å². The minimum Gasteiger partial charge on any atom is -0.460 e. The summed E-state index contributed by atoms with van der Waals surface area (Å²) in [4.78, 5) is 29.8. The first-order valence-corrected chi connectivity index (χ1v) is 10.6. The number of tetrazole rings is 1. The fourth-order valence-electron chi connectivity index (χ4n) is 3.40. The number of ether oxygens (including phenoxy) is 2. The first-order chi connectivity index (χ1) is 16.2. The molecule has 11 nitrogen and oxygen atoms in total. The Morgan fingerprint density at radius 3 is 2.74 bits per heavy atom. The number of nitrogens with two attached hydrogens (primary N) is 1. The van der Waals surface area contributed by atoms with E-state index < -0.39 is 30.0 Å². The van der Waals surface area contributed by atoms with Gasteiger partial charge in [0.1, 0.15) is 24.2 Å². The fourth-order valence-corrected chi connectivity index (χ4v) is 3.40. The number of esters is 1. The van der Waals surface area contributed by atoms with Gasteiger partial charge in [0.05, 0.1) is 12.2 Å². The van der Waals surface area contributed by atoms with Crippen molar-refractivity contribution in [1.82, 2.24) is 25.2 Å². The number of pyridine rings is 1. The van der Waals surface area contributed by atoms with Gasteiger partial charge in [-0.1, -0.05) is 19.9 Å². The minimum atomic E-state index is -0.754. The molecule has 178 valence electrons. The molecule has 1 saturated heterocycles. The predicted molar refractivity (Wildman–Crippen MR) is 119 cm³/mol. The van der Waals surface area contributed by atoms with Crippen LogP contribution in [0.5, 0.6) is 0 Å². The zero-order valence-corrected chi connectivity index (χ0v) is 18.9. The van der Waals surface area contributed by atoms with Gasteiger partial charge in [0.2, 0.25) is 0 Å². The van der Waals surface area contributed by atoms with Crippen LogP contribution >= 0.6 is 0 Å². The van der Waals surface area contributed by atoms with E-state index in [4.69, 9.17) is 15.2 Å². The number of amides is 1. The van der Waals surface area contributed by atoms with Crippen LogP contribution in [0, 0.1) is 11.7 Å². The topological polar surface area (TPSA) is 138 Å². The maximum Gasteiger partial charge on any atom is 0.414 e. The third-order valence-corrected chi connectivity index (χ3v) is 5.46. The number of hydrogen-bond donors (Lipinski definition) is 1. The molecule has 1 amide bonds. The molecule has 1 aromatic carbocycles. The SMILES string of the molecule is CC(C)C(N)C(=O)OC[C@H]1CN(c2ccc(-c3ccc(-c4nnnn4C)nc3)c(F)c2)C(=O)O1. The predicted octanol–water partition coefficient (Wildman–Crippen LogP) is 1.93. The second kappa shape index (κ2) is 9.51. The van der Waals surface area contributed by atoms with Gasteiger partial charge >= 0.3 is 12.1 Å². The summed E-state index contributed by atoms with van der Waals surface area (Å²) < 4.78 is 26.8. The lowest BCUT2D eigenvalue weighted by Crippen LogP contribution is -2.38. The molecule has 4 rings (SSSR count). The number of aromatic nitrogens is 5. The molecule has 1 aliphatic rings. The van der Waals surface area contributed by atoms with Gasteiger partial charge in [-0.15, -0.1) is 5.10 Å². The molecule has 0 aliphatic carbocycles. The standard InChI is InChI=1S/C22H24FN7O4/c1-12(2)19(24)21(31)33-11-15-10-30(22(32)34-15)14-5-6-16(17(23)8-14)13-4-7-18(25-9-13)20-26-27-28-29(20)3/h4-9,12,15,19H,10-11,24H2,1-3H3/t15-,19?/m1/s1. The summed E-state index contributed by atoms with van der Waals surface area (Å²) in [6, 6.07) is 7.08. The quantitative estimate of drug-likeness (QED) is 0.514. The minimum absolute atomic E-state index is 0.0770. The molecule has 12 heteroatoms. The Morgan fingerprint density at radius 1 is 1.32 bits per heavy atom. The van der Waals surface area contributed by atoms with Crippen molar-refractivity contribution in [3.05, 3.63) is 42.3 Å². The van der Waals surface area contributed by atoms with E-state index in [-0.39, 0.29) is 19.1 Å². The van der Waals surface area contributed by atoms with Crippen LogP contribution in [-0.2, 0) is 21.3 Å². The van der Waals surface area contributed by atoms with E-state index >= 15 is 0 Å². The second-order valence-corrected chi connectivity index (χ2v) is 8.24. The molecule has 3 aromatic rings. The molecule has 0 spiro atoms. The molecule has 1 unspecified atom stereocenters. The molecule has 2 N–H and O–H groups in total. The number of carbonyl (C=O) groups excluding carboxylic acids is 2. The summed E-state index contributed by atoms with van der Waals surface area (Å²) in [6.07, 6.45) is 0.202. The number of anilines is 1. The van der Waals surface area contributed by atoms with Crippen molar-refractivity contribution >= 4 is 17.7 Å². The summed E-state index contributed by atoms with van der Waals surface area (Å²) in [5, 5.41) is 11.2. The van der Waals surface area contributed by atoms with Gasteiger partial charge < -0.3 is 15.2 Å². The smallest absolute Gasteiger partial charge is 0.414 e. The molecule has 2 atom stereocenters. The van der Waals surface area contributed by atoms with E-state index in [0.29, 0.717) is 28.3 Å². The Morgan fingerprint density at radius 2 is 2.12 bits per heavy atom. The maximum atomic E-state index is 14.9. The lowest BCUT2D eigenvalue weighted by molar-refractivity contribution is -0.148. The first-order valence-electron chi connectivity index (χ1n) is 10.6. The highest BCUT2D eigenvalue weighted by atomic mass is 19.1. The van der Waals surface area contributed by atoms with Gasteiger partial charge in [0, 0.05) is 24.4 Å². The van der Waals surface area contributed by atoms with Crippen LogP contribution < -0.4 is 10.6 Å². The van der Waals surface area contributed by atoms with Gasteiger partial charge in [0.25, 0.3) is 0 Å². The Bertz CT molecular complexity index is 1200. The average Bonchev–Trinajstić information content (AvgIpc) is 3.42. The molecule has 1 fully saturated rings. The monoisotopic (exact) mass is 469 g/mol. The van der Waals surface area contributed by atoms with Crippen LogP contribution in [-0.4, -0.2) is 62.6 Å². The van der Waals surface area contributed by atoms with Crippen molar-refractivity contribution in [2.75, 3.05) is 18.1 Å². The van der Waals surface area contributed by atoms with Crippen LogP contribution in [0.3, 0.4) is 0 Å². The molecule has 34 heavy (non-hydrogen) atoms. The Labute approximate surface area is 194 Å². The molecule has 1 aliphatic heterocycles. The number of hydrogen-bond acceptors (Lipinski definition) is 9. The number of halogens is 1. The molecule has 0 saturated carbocycles. The van der Waals surface area contributed by atoms with Gasteiger partial charge in [-0.3, -0.25) is 14.7 Å². The van der Waals surface area contributed by atoms with Crippen molar-refractivity contribution in [3.8, 4) is 22.6 Å². The van der Waals surface area contributed by atoms with Gasteiger partial charge in [0.15, 0.2) is 11.9 Å². The van der Waals surface area contributed by atoms with Crippen molar-refractivity contribution in [3.63, 3.8) is 0 Å². The van der Waals surface area contributed by atoms with E-state index in [1.54, 1.807) is 45.2 Å². The zero-order valence-electron chi connectivity index (χ0n) is 18.9. The number of aryl methyl sites for hydroxylation is 1. The molecular formula is C22H24FN7O4. The Balaban J connectivity index is 1.43. The number of cyclic esters (lactones) is 1. The van der Waals surface area contributed by atoms with E-state index in [2.05, 4.69) is 20.5 Å². The summed E-state index contributed by atoms with van der Waals surface area (Å²) in [5.41, 5.74) is 7.51. The van der Waals surface area contributed by atoms with Gasteiger partial charge in [-0.25, -0.2) is 13.9 Å². The van der Waals surface area contributed by atoms with Crippen molar-refractivity contribution in [2.24, 2.45) is 18.7 Å². The summed E-state index contributed by atoms with van der Waals surface area (Å²) in [6.45, 7) is 3.60. The summed E-state index contributed by atoms with van der Waals surface area (Å²) >= 11 is 0. The molecule has 0 bridgehead atoms. The summed E-state index contributed by atoms with van der Waals surface area (Å²) in [7, 11) is 1.70. The molecule has 2 aromatic heterocycles. The van der Waals surface area contributed by atoms with E-state index in [1.807, 2.05) is 0 Å². The number of benzene rings is 1. The van der Waals surface area contributed by atoms with E-state index in [1.165, 1.54) is 21.8 Å². The molecule has 0 radical (unpaired) electrons. The second-order valence-electron chi connectivity index (χ2n) is 8.24. The van der Waals surface area contributed by atoms with Gasteiger partial charge in [-0.2, -0.15) is 0 Å². The van der Waals surface area contributed by atoms with E-state index in [0.717, 1.165) is 0 Å². The summed E-state index contributed by atoms with van der Waals surface area (Å²) in [5.74, 6) is -0.680. The first kappa shape index (κ1) is 23.2. The van der Waals surface area contributed by atoms with Crippen LogP contribution in [0.15, 0.2) is 36.5 Å². The van der Waals surface area contributed by atoms with Crippen LogP contribution in [0.2, 0.25) is 0 Å². The van der Waals surface area contributed by atoms with Gasteiger partial charge in [-0.05, 0) is 40.6 Å². The third kappa shape index (κ3) is 4.71. The van der Waals surface area contributed by atoms with Crippen molar-refractivity contribution in [2.45, 2.75) is 26.0 Å². The Hall–Kier alpha value is -3.93.